The van der Waals surface area contributed by atoms with Crippen molar-refractivity contribution in [2.24, 2.45) is 11.8 Å². The Hall–Kier alpha value is -1.33. The standard InChI is InChI=1S/C22H37N3O2/c1-18(2)21(24-12-6-7-13-24)22(26)25(15-16-27-3)17-19-9-8-14-23-11-5-4-10-20(19)23/h6-7,12-13,18-21H,4-5,8-11,14-17H2,1-3H3. The van der Waals surface area contributed by atoms with E-state index in [2.05, 4.69) is 28.2 Å². The SMILES string of the molecule is COCCN(CC1CCCN2CCCCC12)C(=O)C(C(C)C)n1cccc1. The van der Waals surface area contributed by atoms with E-state index >= 15 is 0 Å². The highest BCUT2D eigenvalue weighted by Crippen LogP contribution is 2.32. The van der Waals surface area contributed by atoms with Crippen molar-refractivity contribution in [3.8, 4) is 0 Å². The van der Waals surface area contributed by atoms with E-state index in [-0.39, 0.29) is 17.9 Å². The van der Waals surface area contributed by atoms with Gasteiger partial charge >= 0.3 is 0 Å². The Morgan fingerprint density at radius 3 is 2.59 bits per heavy atom. The third kappa shape index (κ3) is 4.94. The molecule has 2 aliphatic rings. The number of piperidine rings is 2. The molecule has 3 rings (SSSR count). The Balaban J connectivity index is 1.75. The van der Waals surface area contributed by atoms with Crippen LogP contribution in [0.1, 0.15) is 52.0 Å². The van der Waals surface area contributed by atoms with Gasteiger partial charge in [-0.2, -0.15) is 0 Å². The van der Waals surface area contributed by atoms with Gasteiger partial charge in [-0.05, 0) is 62.7 Å². The average molecular weight is 376 g/mol. The van der Waals surface area contributed by atoms with Crippen molar-refractivity contribution < 1.29 is 9.53 Å². The fourth-order valence-corrected chi connectivity index (χ4v) is 5.04. The maximum atomic E-state index is 13.6. The highest BCUT2D eigenvalue weighted by molar-refractivity contribution is 5.80. The van der Waals surface area contributed by atoms with E-state index < -0.39 is 0 Å². The quantitative estimate of drug-likeness (QED) is 0.699. The molecule has 1 aromatic heterocycles. The number of rotatable bonds is 8. The first-order chi connectivity index (χ1) is 13.1. The lowest BCUT2D eigenvalue weighted by atomic mass is 9.83. The van der Waals surface area contributed by atoms with Crippen molar-refractivity contribution in [1.82, 2.24) is 14.4 Å². The van der Waals surface area contributed by atoms with Crippen molar-refractivity contribution in [3.63, 3.8) is 0 Å². The maximum absolute atomic E-state index is 13.6. The first kappa shape index (κ1) is 20.4. The number of nitrogens with zero attached hydrogens (tertiary/aromatic N) is 3. The number of aromatic nitrogens is 1. The number of amides is 1. The number of methoxy groups -OCH3 is 1. The minimum Gasteiger partial charge on any atom is -0.383 e. The molecule has 152 valence electrons. The fourth-order valence-electron chi connectivity index (χ4n) is 5.04. The summed E-state index contributed by atoms with van der Waals surface area (Å²) in [7, 11) is 1.72. The summed E-state index contributed by atoms with van der Waals surface area (Å²) in [4.78, 5) is 18.3. The molecule has 0 spiro atoms. The van der Waals surface area contributed by atoms with Gasteiger partial charge in [-0.25, -0.2) is 0 Å². The van der Waals surface area contributed by atoms with E-state index in [1.54, 1.807) is 7.11 Å². The first-order valence-corrected chi connectivity index (χ1v) is 10.8. The van der Waals surface area contributed by atoms with E-state index in [1.165, 1.54) is 45.2 Å². The molecule has 0 aliphatic carbocycles. The van der Waals surface area contributed by atoms with Gasteiger partial charge in [-0.15, -0.1) is 0 Å². The molecule has 1 amide bonds. The molecule has 3 heterocycles. The van der Waals surface area contributed by atoms with Gasteiger partial charge < -0.3 is 19.1 Å². The van der Waals surface area contributed by atoms with Crippen LogP contribution in [0.2, 0.25) is 0 Å². The minimum absolute atomic E-state index is 0.136. The fraction of sp³-hybridized carbons (Fsp3) is 0.773. The van der Waals surface area contributed by atoms with Crippen LogP contribution in [0.5, 0.6) is 0 Å². The van der Waals surface area contributed by atoms with E-state index in [9.17, 15) is 4.79 Å². The molecule has 0 N–H and O–H groups in total. The molecular weight excluding hydrogens is 338 g/mol. The molecule has 0 saturated carbocycles. The summed E-state index contributed by atoms with van der Waals surface area (Å²) in [5.41, 5.74) is 0. The van der Waals surface area contributed by atoms with Crippen LogP contribution in [0.3, 0.4) is 0 Å². The van der Waals surface area contributed by atoms with Crippen LogP contribution in [0.25, 0.3) is 0 Å². The lowest BCUT2D eigenvalue weighted by Gasteiger charge is -2.46. The number of carbonyl (C=O) groups is 1. The zero-order valence-electron chi connectivity index (χ0n) is 17.3. The minimum atomic E-state index is -0.136. The predicted molar refractivity (Wildman–Crippen MR) is 109 cm³/mol. The lowest BCUT2D eigenvalue weighted by molar-refractivity contribution is -0.138. The molecule has 27 heavy (non-hydrogen) atoms. The Kier molecular flexibility index (Phi) is 7.36. The summed E-state index contributed by atoms with van der Waals surface area (Å²) in [5, 5.41) is 0. The van der Waals surface area contributed by atoms with Crippen LogP contribution >= 0.6 is 0 Å². The number of fused-ring (bicyclic) bond motifs is 1. The van der Waals surface area contributed by atoms with Gasteiger partial charge in [0.2, 0.25) is 5.91 Å². The van der Waals surface area contributed by atoms with Gasteiger partial charge in [0.05, 0.1) is 6.61 Å². The monoisotopic (exact) mass is 375 g/mol. The largest absolute Gasteiger partial charge is 0.383 e. The number of ether oxygens (including phenoxy) is 1. The molecule has 2 aliphatic heterocycles. The molecule has 0 aromatic carbocycles. The van der Waals surface area contributed by atoms with Crippen molar-refractivity contribution in [3.05, 3.63) is 24.5 Å². The van der Waals surface area contributed by atoms with Crippen LogP contribution in [0.15, 0.2) is 24.5 Å². The van der Waals surface area contributed by atoms with E-state index in [0.717, 1.165) is 6.54 Å². The van der Waals surface area contributed by atoms with Crippen LogP contribution in [-0.4, -0.2) is 66.2 Å². The average Bonchev–Trinajstić information content (AvgIpc) is 3.19. The summed E-state index contributed by atoms with van der Waals surface area (Å²) in [6, 6.07) is 4.53. The lowest BCUT2D eigenvalue weighted by Crippen LogP contribution is -2.52. The Morgan fingerprint density at radius 2 is 1.89 bits per heavy atom. The van der Waals surface area contributed by atoms with Crippen molar-refractivity contribution >= 4 is 5.91 Å². The van der Waals surface area contributed by atoms with Crippen LogP contribution in [0, 0.1) is 11.8 Å². The van der Waals surface area contributed by atoms with Gasteiger partial charge in [0.1, 0.15) is 6.04 Å². The third-order valence-corrected chi connectivity index (χ3v) is 6.39. The summed E-state index contributed by atoms with van der Waals surface area (Å²) < 4.78 is 7.41. The Bertz CT molecular complexity index is 570. The molecule has 0 radical (unpaired) electrons. The normalized spacial score (nSPS) is 24.6. The number of hydrogen-bond donors (Lipinski definition) is 0. The molecule has 3 atom stereocenters. The van der Waals surface area contributed by atoms with Gasteiger partial charge in [0, 0.05) is 38.6 Å². The Labute approximate surface area is 164 Å². The van der Waals surface area contributed by atoms with Crippen LogP contribution in [0.4, 0.5) is 0 Å². The highest BCUT2D eigenvalue weighted by atomic mass is 16.5. The smallest absolute Gasteiger partial charge is 0.245 e. The van der Waals surface area contributed by atoms with E-state index in [4.69, 9.17) is 4.74 Å². The van der Waals surface area contributed by atoms with Crippen LogP contribution < -0.4 is 0 Å². The molecule has 2 fully saturated rings. The molecule has 5 nitrogen and oxygen atoms in total. The predicted octanol–water partition coefficient (Wildman–Crippen LogP) is 3.42. The van der Waals surface area contributed by atoms with Crippen molar-refractivity contribution in [1.29, 1.82) is 0 Å². The maximum Gasteiger partial charge on any atom is 0.245 e. The highest BCUT2D eigenvalue weighted by Gasteiger charge is 2.36. The summed E-state index contributed by atoms with van der Waals surface area (Å²) in [5.74, 6) is 1.09. The summed E-state index contributed by atoms with van der Waals surface area (Å²) >= 11 is 0. The molecule has 1 aromatic rings. The van der Waals surface area contributed by atoms with Crippen molar-refractivity contribution in [2.75, 3.05) is 39.9 Å². The van der Waals surface area contributed by atoms with Gasteiger partial charge in [0.25, 0.3) is 0 Å². The summed E-state index contributed by atoms with van der Waals surface area (Å²) in [6.45, 7) is 8.91. The zero-order chi connectivity index (χ0) is 19.2. The second-order valence-electron chi connectivity index (χ2n) is 8.60. The van der Waals surface area contributed by atoms with E-state index in [1.807, 2.05) is 24.5 Å². The molecule has 3 unspecified atom stereocenters. The molecular formula is C22H37N3O2. The van der Waals surface area contributed by atoms with E-state index in [0.29, 0.717) is 25.1 Å². The summed E-state index contributed by atoms with van der Waals surface area (Å²) in [6.07, 6.45) is 10.5. The first-order valence-electron chi connectivity index (χ1n) is 10.8. The number of carbonyl (C=O) groups excluding carboxylic acids is 1. The molecule has 0 bridgehead atoms. The zero-order valence-corrected chi connectivity index (χ0v) is 17.3. The molecule has 5 heteroatoms. The van der Waals surface area contributed by atoms with Crippen LogP contribution in [-0.2, 0) is 9.53 Å². The molecule has 2 saturated heterocycles. The second-order valence-corrected chi connectivity index (χ2v) is 8.60. The topological polar surface area (TPSA) is 37.7 Å². The number of hydrogen-bond acceptors (Lipinski definition) is 3. The van der Waals surface area contributed by atoms with Gasteiger partial charge in [-0.3, -0.25) is 4.79 Å². The second kappa shape index (κ2) is 9.74. The Morgan fingerprint density at radius 1 is 1.15 bits per heavy atom. The van der Waals surface area contributed by atoms with Gasteiger partial charge in [-0.1, -0.05) is 20.3 Å². The third-order valence-electron chi connectivity index (χ3n) is 6.39. The van der Waals surface area contributed by atoms with Crippen molar-refractivity contribution in [2.45, 2.75) is 58.0 Å². The van der Waals surface area contributed by atoms with Gasteiger partial charge in [0.15, 0.2) is 0 Å².